The van der Waals surface area contributed by atoms with E-state index in [-0.39, 0.29) is 0 Å². The van der Waals surface area contributed by atoms with Crippen LogP contribution in [0.2, 0.25) is 0 Å². The quantitative estimate of drug-likeness (QED) is 0.383. The fourth-order valence-electron chi connectivity index (χ4n) is 2.90. The lowest BCUT2D eigenvalue weighted by Crippen LogP contribution is -1.95. The van der Waals surface area contributed by atoms with E-state index in [0.717, 1.165) is 10.8 Å². The largest absolute Gasteiger partial charge is 0.455 e. The van der Waals surface area contributed by atoms with Crippen molar-refractivity contribution in [3.8, 4) is 23.0 Å². The van der Waals surface area contributed by atoms with Gasteiger partial charge in [0.1, 0.15) is 23.0 Å². The van der Waals surface area contributed by atoms with Crippen LogP contribution in [-0.2, 0) is 0 Å². The van der Waals surface area contributed by atoms with Crippen LogP contribution >= 0.6 is 0 Å². The molecule has 0 amide bonds. The Balaban J connectivity index is 1.63. The molecule has 0 fully saturated rings. The van der Waals surface area contributed by atoms with E-state index in [0.29, 0.717) is 45.7 Å². The molecule has 0 radical (unpaired) electrons. The molecule has 6 nitrogen and oxygen atoms in total. The minimum atomic E-state index is 0.482. The van der Waals surface area contributed by atoms with Gasteiger partial charge < -0.3 is 32.4 Å². The number of benzene rings is 4. The Hall–Kier alpha value is -4.06. The first-order valence-corrected chi connectivity index (χ1v) is 8.67. The van der Waals surface area contributed by atoms with Gasteiger partial charge in [-0.25, -0.2) is 0 Å². The van der Waals surface area contributed by atoms with Gasteiger partial charge in [0.15, 0.2) is 0 Å². The molecule has 0 atom stereocenters. The number of nitrogen functional groups attached to an aromatic ring is 4. The van der Waals surface area contributed by atoms with Crippen molar-refractivity contribution in [1.29, 1.82) is 0 Å². The molecule has 8 N–H and O–H groups in total. The summed E-state index contributed by atoms with van der Waals surface area (Å²) < 4.78 is 11.8. The summed E-state index contributed by atoms with van der Waals surface area (Å²) in [5, 5.41) is 2.01. The monoisotopic (exact) mass is 372 g/mol. The van der Waals surface area contributed by atoms with Gasteiger partial charge in [0.2, 0.25) is 0 Å². The number of fused-ring (bicyclic) bond motifs is 1. The van der Waals surface area contributed by atoms with Crippen molar-refractivity contribution in [2.45, 2.75) is 0 Å². The molecule has 0 bridgehead atoms. The zero-order chi connectivity index (χ0) is 19.7. The van der Waals surface area contributed by atoms with Crippen LogP contribution in [-0.4, -0.2) is 0 Å². The Morgan fingerprint density at radius 2 is 0.929 bits per heavy atom. The number of nitrogens with two attached hydrogens (primary N) is 4. The van der Waals surface area contributed by atoms with Crippen molar-refractivity contribution in [3.63, 3.8) is 0 Å². The summed E-state index contributed by atoms with van der Waals surface area (Å²) in [7, 11) is 0. The SMILES string of the molecule is Nc1ccc(Oc2ccc3ccc(Oc4ccc(N)cc4N)cc3c2)c(N)c1. The van der Waals surface area contributed by atoms with E-state index in [2.05, 4.69) is 0 Å². The van der Waals surface area contributed by atoms with E-state index in [1.54, 1.807) is 36.4 Å². The third kappa shape index (κ3) is 3.57. The van der Waals surface area contributed by atoms with Gasteiger partial charge in [0.25, 0.3) is 0 Å². The maximum absolute atomic E-state index is 5.97. The van der Waals surface area contributed by atoms with Crippen LogP contribution in [0.15, 0.2) is 72.8 Å². The van der Waals surface area contributed by atoms with Gasteiger partial charge in [-0.1, -0.05) is 12.1 Å². The normalized spacial score (nSPS) is 10.7. The molecule has 0 saturated carbocycles. The predicted octanol–water partition coefficient (Wildman–Crippen LogP) is 4.75. The van der Waals surface area contributed by atoms with Gasteiger partial charge in [-0.2, -0.15) is 0 Å². The first kappa shape index (κ1) is 17.4. The van der Waals surface area contributed by atoms with Crippen molar-refractivity contribution < 1.29 is 9.47 Å². The molecule has 0 aliphatic heterocycles. The highest BCUT2D eigenvalue weighted by Gasteiger charge is 2.07. The van der Waals surface area contributed by atoms with Crippen LogP contribution in [0.25, 0.3) is 10.8 Å². The average Bonchev–Trinajstić information content (AvgIpc) is 2.66. The van der Waals surface area contributed by atoms with Crippen molar-refractivity contribution >= 4 is 33.5 Å². The zero-order valence-corrected chi connectivity index (χ0v) is 15.1. The number of hydrogen-bond donors (Lipinski definition) is 4. The van der Waals surface area contributed by atoms with E-state index in [1.165, 1.54) is 0 Å². The van der Waals surface area contributed by atoms with Crippen LogP contribution in [0.1, 0.15) is 0 Å². The number of ether oxygens (including phenoxy) is 2. The van der Waals surface area contributed by atoms with Crippen molar-refractivity contribution in [1.82, 2.24) is 0 Å². The molecule has 0 aromatic heterocycles. The minimum absolute atomic E-state index is 0.482. The first-order chi connectivity index (χ1) is 13.5. The Kier molecular flexibility index (Phi) is 4.29. The summed E-state index contributed by atoms with van der Waals surface area (Å²) in [6.07, 6.45) is 0. The maximum Gasteiger partial charge on any atom is 0.150 e. The lowest BCUT2D eigenvalue weighted by Gasteiger charge is -2.12. The van der Waals surface area contributed by atoms with Gasteiger partial charge in [0, 0.05) is 11.4 Å². The Labute approximate surface area is 162 Å². The maximum atomic E-state index is 5.97. The summed E-state index contributed by atoms with van der Waals surface area (Å²) in [5.74, 6) is 2.42. The van der Waals surface area contributed by atoms with E-state index >= 15 is 0 Å². The number of hydrogen-bond acceptors (Lipinski definition) is 6. The minimum Gasteiger partial charge on any atom is -0.455 e. The zero-order valence-electron chi connectivity index (χ0n) is 15.1. The Morgan fingerprint density at radius 1 is 0.464 bits per heavy atom. The summed E-state index contributed by atoms with van der Waals surface area (Å²) in [6, 6.07) is 21.9. The highest BCUT2D eigenvalue weighted by molar-refractivity contribution is 5.85. The second kappa shape index (κ2) is 6.92. The average molecular weight is 372 g/mol. The van der Waals surface area contributed by atoms with Crippen LogP contribution in [0.5, 0.6) is 23.0 Å². The van der Waals surface area contributed by atoms with Gasteiger partial charge in [-0.15, -0.1) is 0 Å². The molecule has 4 rings (SSSR count). The molecule has 4 aromatic rings. The molecule has 4 aromatic carbocycles. The number of rotatable bonds is 4. The molecular formula is C22H20N4O2. The van der Waals surface area contributed by atoms with Crippen molar-refractivity contribution in [2.24, 2.45) is 0 Å². The summed E-state index contributed by atoms with van der Waals surface area (Å²) in [4.78, 5) is 0. The third-order valence-corrected chi connectivity index (χ3v) is 4.31. The fraction of sp³-hybridized carbons (Fsp3) is 0. The second-order valence-corrected chi connectivity index (χ2v) is 6.47. The molecule has 28 heavy (non-hydrogen) atoms. The molecule has 0 heterocycles. The van der Waals surface area contributed by atoms with E-state index in [4.69, 9.17) is 32.4 Å². The highest BCUT2D eigenvalue weighted by Crippen LogP contribution is 2.34. The Morgan fingerprint density at radius 3 is 1.36 bits per heavy atom. The van der Waals surface area contributed by atoms with Crippen molar-refractivity contribution in [3.05, 3.63) is 72.8 Å². The second-order valence-electron chi connectivity index (χ2n) is 6.47. The summed E-state index contributed by atoms with van der Waals surface area (Å²) in [6.45, 7) is 0. The van der Waals surface area contributed by atoms with E-state index in [1.807, 2.05) is 36.4 Å². The van der Waals surface area contributed by atoms with Crippen LogP contribution < -0.4 is 32.4 Å². The number of anilines is 4. The van der Waals surface area contributed by atoms with E-state index < -0.39 is 0 Å². The highest BCUT2D eigenvalue weighted by atomic mass is 16.5. The lowest BCUT2D eigenvalue weighted by atomic mass is 10.1. The topological polar surface area (TPSA) is 123 Å². The van der Waals surface area contributed by atoms with Crippen LogP contribution in [0, 0.1) is 0 Å². The predicted molar refractivity (Wildman–Crippen MR) is 115 cm³/mol. The molecule has 0 spiro atoms. The first-order valence-electron chi connectivity index (χ1n) is 8.67. The fourth-order valence-corrected chi connectivity index (χ4v) is 2.90. The molecule has 0 aliphatic carbocycles. The Bertz CT molecular complexity index is 1090. The lowest BCUT2D eigenvalue weighted by molar-refractivity contribution is 0.484. The van der Waals surface area contributed by atoms with Crippen molar-refractivity contribution in [2.75, 3.05) is 22.9 Å². The van der Waals surface area contributed by atoms with Gasteiger partial charge in [-0.3, -0.25) is 0 Å². The molecule has 0 unspecified atom stereocenters. The van der Waals surface area contributed by atoms with Crippen LogP contribution in [0.4, 0.5) is 22.7 Å². The van der Waals surface area contributed by atoms with Gasteiger partial charge in [-0.05, 0) is 71.4 Å². The summed E-state index contributed by atoms with van der Waals surface area (Å²) >= 11 is 0. The van der Waals surface area contributed by atoms with Gasteiger partial charge in [0.05, 0.1) is 11.4 Å². The van der Waals surface area contributed by atoms with Crippen LogP contribution in [0.3, 0.4) is 0 Å². The smallest absolute Gasteiger partial charge is 0.150 e. The third-order valence-electron chi connectivity index (χ3n) is 4.31. The van der Waals surface area contributed by atoms with Gasteiger partial charge >= 0.3 is 0 Å². The summed E-state index contributed by atoms with van der Waals surface area (Å²) in [5.41, 5.74) is 25.5. The molecule has 0 saturated heterocycles. The molecular weight excluding hydrogens is 352 g/mol. The van der Waals surface area contributed by atoms with E-state index in [9.17, 15) is 0 Å². The molecule has 0 aliphatic rings. The molecule has 140 valence electrons. The standard InChI is InChI=1S/C22H20N4O2/c23-15-3-7-21(19(25)11-15)27-17-5-1-13-2-6-18(10-14(13)9-17)28-22-8-4-16(24)12-20(22)26/h1-12H,23-26H2. The molecule has 6 heteroatoms.